The van der Waals surface area contributed by atoms with Crippen LogP contribution in [0.4, 0.5) is 0 Å². The molecule has 0 saturated carbocycles. The minimum atomic E-state index is -3.46. The maximum absolute atomic E-state index is 12.3. The van der Waals surface area contributed by atoms with Gasteiger partial charge in [-0.3, -0.25) is 0 Å². The number of hydrogen-bond acceptors (Lipinski definition) is 4. The molecule has 6 heteroatoms. The lowest BCUT2D eigenvalue weighted by molar-refractivity contribution is 0.448. The number of nitrogens with two attached hydrogens (primary N) is 1. The summed E-state index contributed by atoms with van der Waals surface area (Å²) in [5, 5.41) is 0. The molecular formula is C12H22N2O3S. The van der Waals surface area contributed by atoms with Crippen molar-refractivity contribution in [2.24, 2.45) is 5.73 Å². The first-order chi connectivity index (χ1) is 8.43. The molecule has 0 atom stereocenters. The van der Waals surface area contributed by atoms with Crippen molar-refractivity contribution in [3.63, 3.8) is 0 Å². The standard InChI is InChI=1S/C12H22N2O3S/c1-4-5-6-7-14(3)18(15,16)12-8-11(9-13)17-10(12)2/h8H,4-7,9,13H2,1-3H3. The third kappa shape index (κ3) is 3.34. The largest absolute Gasteiger partial charge is 0.464 e. The Bertz CT molecular complexity index is 480. The maximum atomic E-state index is 12.3. The first-order valence-electron chi connectivity index (χ1n) is 6.19. The summed E-state index contributed by atoms with van der Waals surface area (Å²) < 4.78 is 31.3. The lowest BCUT2D eigenvalue weighted by Gasteiger charge is -2.16. The summed E-state index contributed by atoms with van der Waals surface area (Å²) in [7, 11) is -1.86. The molecule has 1 heterocycles. The lowest BCUT2D eigenvalue weighted by Crippen LogP contribution is -2.28. The molecule has 104 valence electrons. The van der Waals surface area contributed by atoms with Gasteiger partial charge in [0, 0.05) is 19.7 Å². The molecule has 0 aromatic carbocycles. The number of furan rings is 1. The van der Waals surface area contributed by atoms with Gasteiger partial charge in [0.05, 0.1) is 6.54 Å². The van der Waals surface area contributed by atoms with Crippen LogP contribution < -0.4 is 5.73 Å². The van der Waals surface area contributed by atoms with Crippen molar-refractivity contribution in [3.05, 3.63) is 17.6 Å². The molecule has 0 aliphatic rings. The van der Waals surface area contributed by atoms with Crippen molar-refractivity contribution >= 4 is 10.0 Å². The van der Waals surface area contributed by atoms with E-state index in [1.807, 2.05) is 0 Å². The molecule has 0 unspecified atom stereocenters. The van der Waals surface area contributed by atoms with Crippen LogP contribution in [0.2, 0.25) is 0 Å². The summed E-state index contributed by atoms with van der Waals surface area (Å²) >= 11 is 0. The van der Waals surface area contributed by atoms with Crippen LogP contribution in [0.1, 0.15) is 37.7 Å². The predicted molar refractivity (Wildman–Crippen MR) is 70.7 cm³/mol. The lowest BCUT2D eigenvalue weighted by atomic mass is 10.2. The van der Waals surface area contributed by atoms with Crippen LogP contribution in [0, 0.1) is 6.92 Å². The number of unbranched alkanes of at least 4 members (excludes halogenated alkanes) is 2. The van der Waals surface area contributed by atoms with Gasteiger partial charge in [0.25, 0.3) is 0 Å². The van der Waals surface area contributed by atoms with Gasteiger partial charge in [0.2, 0.25) is 10.0 Å². The highest BCUT2D eigenvalue weighted by Gasteiger charge is 2.25. The zero-order chi connectivity index (χ0) is 13.8. The molecule has 1 aromatic heterocycles. The Labute approximate surface area is 109 Å². The zero-order valence-electron chi connectivity index (χ0n) is 11.3. The topological polar surface area (TPSA) is 76.5 Å². The molecule has 2 N–H and O–H groups in total. The first-order valence-corrected chi connectivity index (χ1v) is 7.63. The molecule has 0 aliphatic carbocycles. The molecular weight excluding hydrogens is 252 g/mol. The average Bonchev–Trinajstić information content (AvgIpc) is 2.71. The second kappa shape index (κ2) is 6.36. The van der Waals surface area contributed by atoms with Crippen molar-refractivity contribution in [2.75, 3.05) is 13.6 Å². The van der Waals surface area contributed by atoms with Crippen LogP contribution in [0.3, 0.4) is 0 Å². The van der Waals surface area contributed by atoms with Gasteiger partial charge in [-0.1, -0.05) is 19.8 Å². The van der Waals surface area contributed by atoms with Crippen molar-refractivity contribution < 1.29 is 12.8 Å². The number of sulfonamides is 1. The molecule has 0 amide bonds. The van der Waals surface area contributed by atoms with Gasteiger partial charge < -0.3 is 10.2 Å². The number of aryl methyl sites for hydroxylation is 1. The average molecular weight is 274 g/mol. The minimum absolute atomic E-state index is 0.204. The third-order valence-electron chi connectivity index (χ3n) is 2.89. The van der Waals surface area contributed by atoms with E-state index in [0.29, 0.717) is 18.1 Å². The van der Waals surface area contributed by atoms with E-state index in [4.69, 9.17) is 10.2 Å². The van der Waals surface area contributed by atoms with Crippen molar-refractivity contribution in [1.29, 1.82) is 0 Å². The smallest absolute Gasteiger partial charge is 0.246 e. The molecule has 0 saturated heterocycles. The summed E-state index contributed by atoms with van der Waals surface area (Å²) in [5.41, 5.74) is 5.45. The van der Waals surface area contributed by atoms with Gasteiger partial charge in [-0.2, -0.15) is 0 Å². The SMILES string of the molecule is CCCCCN(C)S(=O)(=O)c1cc(CN)oc1C. The van der Waals surface area contributed by atoms with Crippen LogP contribution in [0.25, 0.3) is 0 Å². The molecule has 0 aliphatic heterocycles. The summed E-state index contributed by atoms with van der Waals surface area (Å²) in [6.45, 7) is 4.46. The third-order valence-corrected chi connectivity index (χ3v) is 4.85. The Kier molecular flexibility index (Phi) is 5.37. The van der Waals surface area contributed by atoms with Gasteiger partial charge in [-0.15, -0.1) is 0 Å². The van der Waals surface area contributed by atoms with E-state index in [-0.39, 0.29) is 11.4 Å². The monoisotopic (exact) mass is 274 g/mol. The van der Waals surface area contributed by atoms with E-state index < -0.39 is 10.0 Å². The van der Waals surface area contributed by atoms with E-state index in [1.54, 1.807) is 14.0 Å². The molecule has 1 rings (SSSR count). The molecule has 0 fully saturated rings. The fraction of sp³-hybridized carbons (Fsp3) is 0.667. The van der Waals surface area contributed by atoms with Gasteiger partial charge in [-0.05, 0) is 13.3 Å². The Balaban J connectivity index is 2.87. The molecule has 0 bridgehead atoms. The maximum Gasteiger partial charge on any atom is 0.246 e. The van der Waals surface area contributed by atoms with Gasteiger partial charge in [0.1, 0.15) is 16.4 Å². The van der Waals surface area contributed by atoms with Crippen LogP contribution in [0.5, 0.6) is 0 Å². The number of nitrogens with zero attached hydrogens (tertiary/aromatic N) is 1. The molecule has 5 nitrogen and oxygen atoms in total. The predicted octanol–water partition coefficient (Wildman–Crippen LogP) is 1.86. The second-order valence-corrected chi connectivity index (χ2v) is 6.38. The van der Waals surface area contributed by atoms with Crippen LogP contribution in [-0.2, 0) is 16.6 Å². The van der Waals surface area contributed by atoms with E-state index in [2.05, 4.69) is 6.92 Å². The number of rotatable bonds is 7. The van der Waals surface area contributed by atoms with E-state index in [9.17, 15) is 8.42 Å². The highest BCUT2D eigenvalue weighted by molar-refractivity contribution is 7.89. The fourth-order valence-electron chi connectivity index (χ4n) is 1.75. The van der Waals surface area contributed by atoms with Gasteiger partial charge >= 0.3 is 0 Å². The second-order valence-electron chi connectivity index (χ2n) is 4.37. The highest BCUT2D eigenvalue weighted by atomic mass is 32.2. The molecule has 0 spiro atoms. The molecule has 18 heavy (non-hydrogen) atoms. The van der Waals surface area contributed by atoms with E-state index in [0.717, 1.165) is 19.3 Å². The summed E-state index contributed by atoms with van der Waals surface area (Å²) in [5.74, 6) is 0.894. The van der Waals surface area contributed by atoms with Crippen molar-refractivity contribution in [3.8, 4) is 0 Å². The molecule has 0 radical (unpaired) electrons. The van der Waals surface area contributed by atoms with E-state index >= 15 is 0 Å². The number of hydrogen-bond donors (Lipinski definition) is 1. The normalized spacial score (nSPS) is 12.3. The summed E-state index contributed by atoms with van der Waals surface area (Å²) in [4.78, 5) is 0.224. The van der Waals surface area contributed by atoms with Crippen molar-refractivity contribution in [1.82, 2.24) is 4.31 Å². The van der Waals surface area contributed by atoms with Gasteiger partial charge in [0.15, 0.2) is 0 Å². The molecule has 1 aromatic rings. The Hall–Kier alpha value is -0.850. The van der Waals surface area contributed by atoms with Crippen molar-refractivity contribution in [2.45, 2.75) is 44.6 Å². The summed E-state index contributed by atoms with van der Waals surface area (Å²) in [6, 6.07) is 1.51. The summed E-state index contributed by atoms with van der Waals surface area (Å²) in [6.07, 6.45) is 2.96. The quantitative estimate of drug-likeness (QED) is 0.770. The Morgan fingerprint density at radius 1 is 1.39 bits per heavy atom. The fourth-order valence-corrected chi connectivity index (χ4v) is 3.14. The Morgan fingerprint density at radius 3 is 2.56 bits per heavy atom. The highest BCUT2D eigenvalue weighted by Crippen LogP contribution is 2.23. The van der Waals surface area contributed by atoms with Crippen LogP contribution in [-0.4, -0.2) is 26.3 Å². The zero-order valence-corrected chi connectivity index (χ0v) is 12.1. The first kappa shape index (κ1) is 15.2. The van der Waals surface area contributed by atoms with Crippen LogP contribution >= 0.6 is 0 Å². The van der Waals surface area contributed by atoms with Gasteiger partial charge in [-0.25, -0.2) is 12.7 Å². The van der Waals surface area contributed by atoms with Crippen LogP contribution in [0.15, 0.2) is 15.4 Å². The minimum Gasteiger partial charge on any atom is -0.464 e. The van der Waals surface area contributed by atoms with E-state index in [1.165, 1.54) is 10.4 Å². The Morgan fingerprint density at radius 2 is 2.06 bits per heavy atom.